The van der Waals surface area contributed by atoms with Gasteiger partial charge in [0.05, 0.1) is 27.2 Å². The topological polar surface area (TPSA) is 150 Å². The summed E-state index contributed by atoms with van der Waals surface area (Å²) in [5.41, 5.74) is -0.887. The molecule has 4 N–H and O–H groups in total. The maximum absolute atomic E-state index is 14.7. The van der Waals surface area contributed by atoms with Crippen molar-refractivity contribution in [3.8, 4) is 0 Å². The van der Waals surface area contributed by atoms with E-state index in [1.54, 1.807) is 5.43 Å². The Bertz CT molecular complexity index is 1160. The molecule has 1 aliphatic rings. The highest BCUT2D eigenvalue weighted by Gasteiger charge is 2.31. The van der Waals surface area contributed by atoms with Crippen LogP contribution in [-0.4, -0.2) is 37.1 Å². The lowest BCUT2D eigenvalue weighted by atomic mass is 10.0. The molecule has 1 aromatic carbocycles. The van der Waals surface area contributed by atoms with E-state index < -0.39 is 23.2 Å². The van der Waals surface area contributed by atoms with E-state index in [9.17, 15) is 18.8 Å². The van der Waals surface area contributed by atoms with Crippen molar-refractivity contribution in [3.05, 3.63) is 43.3 Å². The van der Waals surface area contributed by atoms with Crippen molar-refractivity contribution < 1.29 is 19.5 Å². The van der Waals surface area contributed by atoms with Crippen LogP contribution in [0.1, 0.15) is 37.8 Å². The molecule has 1 aliphatic carbocycles. The van der Waals surface area contributed by atoms with Crippen LogP contribution in [0.2, 0.25) is 5.02 Å². The summed E-state index contributed by atoms with van der Waals surface area (Å²) in [6.07, 6.45) is -0.650. The van der Waals surface area contributed by atoms with Crippen LogP contribution in [-0.2, 0) is 0 Å². The molecule has 28 heavy (non-hydrogen) atoms. The minimum absolute atomic E-state index is 0.0673. The number of halogens is 2. The molecule has 1 heterocycles. The first-order valence-corrected chi connectivity index (χ1v) is 8.49. The van der Waals surface area contributed by atoms with Crippen LogP contribution >= 0.6 is 11.6 Å². The van der Waals surface area contributed by atoms with Gasteiger partial charge in [-0.15, -0.1) is 0 Å². The summed E-state index contributed by atoms with van der Waals surface area (Å²) in [4.78, 5) is 36.2. The summed E-state index contributed by atoms with van der Waals surface area (Å²) in [7, 11) is 0. The molecule has 0 atom stereocenters. The second-order valence-corrected chi connectivity index (χ2v) is 6.75. The first-order valence-electron chi connectivity index (χ1n) is 8.11. The molecule has 148 valence electrons. The Labute approximate surface area is 160 Å². The largest absolute Gasteiger partial charge is 0.464 e. The van der Waals surface area contributed by atoms with Gasteiger partial charge < -0.3 is 15.7 Å². The fourth-order valence-electron chi connectivity index (χ4n) is 2.94. The summed E-state index contributed by atoms with van der Waals surface area (Å²) >= 11 is 6.32. The highest BCUT2D eigenvalue weighted by Crippen LogP contribution is 2.38. The average Bonchev–Trinajstić information content (AvgIpc) is 3.44. The number of benzene rings is 1. The van der Waals surface area contributed by atoms with E-state index >= 15 is 0 Å². The van der Waals surface area contributed by atoms with Crippen molar-refractivity contribution in [1.82, 2.24) is 9.24 Å². The normalized spacial score (nSPS) is 14.3. The van der Waals surface area contributed by atoms with Crippen molar-refractivity contribution in [2.45, 2.75) is 32.2 Å². The molecule has 0 unspecified atom stereocenters. The van der Waals surface area contributed by atoms with Gasteiger partial charge in [-0.3, -0.25) is 9.36 Å². The minimum atomic E-state index is -1.63. The standard InChI is InChI=1S/C16H15ClFN5O5/c1-6(21-28)4-10(19)11-9(18)5-8-13(12(11)17)22(7-2-3-7)16(27)23(14(8)24)20-15(25)26/h5,7,19-20,28H,2-4H2,1H3,(H,25,26). The molecule has 0 spiro atoms. The summed E-state index contributed by atoms with van der Waals surface area (Å²) in [5, 5.41) is 28.1. The van der Waals surface area contributed by atoms with Crippen LogP contribution in [0.25, 0.3) is 10.9 Å². The number of fused-ring (bicyclic) bond motifs is 1. The summed E-state index contributed by atoms with van der Waals surface area (Å²) < 4.78 is 16.1. The first kappa shape index (κ1) is 19.5. The Hall–Kier alpha value is -3.21. The van der Waals surface area contributed by atoms with Crippen molar-refractivity contribution >= 4 is 40.0 Å². The Morgan fingerprint density at radius 2 is 2.11 bits per heavy atom. The Morgan fingerprint density at radius 3 is 2.64 bits per heavy atom. The fourth-order valence-corrected chi connectivity index (χ4v) is 3.34. The van der Waals surface area contributed by atoms with E-state index in [0.29, 0.717) is 12.8 Å². The number of rotatable bonds is 5. The number of aromatic nitrogens is 2. The molecule has 0 bridgehead atoms. The lowest BCUT2D eigenvalue weighted by Gasteiger charge is -2.17. The third kappa shape index (κ3) is 3.24. The van der Waals surface area contributed by atoms with Crippen molar-refractivity contribution in [3.63, 3.8) is 0 Å². The first-order chi connectivity index (χ1) is 13.2. The van der Waals surface area contributed by atoms with E-state index in [4.69, 9.17) is 27.3 Å². The predicted octanol–water partition coefficient (Wildman–Crippen LogP) is 2.12. The van der Waals surface area contributed by atoms with Crippen molar-refractivity contribution in [1.29, 1.82) is 5.41 Å². The van der Waals surface area contributed by atoms with Gasteiger partial charge in [-0.1, -0.05) is 16.8 Å². The molecule has 0 aliphatic heterocycles. The number of carboxylic acid groups (broad SMARTS) is 1. The molecule has 1 aromatic heterocycles. The molecule has 1 saturated carbocycles. The second kappa shape index (κ2) is 7.08. The molecule has 12 heteroatoms. The van der Waals surface area contributed by atoms with Gasteiger partial charge >= 0.3 is 11.8 Å². The van der Waals surface area contributed by atoms with Crippen LogP contribution in [0.15, 0.2) is 20.8 Å². The highest BCUT2D eigenvalue weighted by molar-refractivity contribution is 6.39. The summed E-state index contributed by atoms with van der Waals surface area (Å²) in [5.74, 6) is -0.992. The molecular weight excluding hydrogens is 397 g/mol. The monoisotopic (exact) mass is 411 g/mol. The molecule has 3 rings (SSSR count). The molecule has 0 saturated heterocycles. The number of amides is 1. The molecule has 0 radical (unpaired) electrons. The zero-order valence-corrected chi connectivity index (χ0v) is 15.2. The lowest BCUT2D eigenvalue weighted by molar-refractivity contribution is 0.205. The maximum atomic E-state index is 14.7. The third-order valence-electron chi connectivity index (χ3n) is 4.29. The number of carbonyl (C=O) groups is 1. The van der Waals surface area contributed by atoms with E-state index in [1.807, 2.05) is 0 Å². The summed E-state index contributed by atoms with van der Waals surface area (Å²) in [6, 6.07) is 0.486. The molecular formula is C16H15ClFN5O5. The molecule has 1 fully saturated rings. The zero-order chi connectivity index (χ0) is 20.7. The second-order valence-electron chi connectivity index (χ2n) is 6.38. The SMILES string of the molecule is CC(CC(=N)c1c(F)cc2c(=O)n(NC(=O)O)c(=O)n(C3CC3)c2c1Cl)=NO. The van der Waals surface area contributed by atoms with Crippen LogP contribution in [0, 0.1) is 11.2 Å². The Kier molecular flexibility index (Phi) is 4.94. The van der Waals surface area contributed by atoms with Crippen molar-refractivity contribution in [2.75, 3.05) is 5.43 Å². The van der Waals surface area contributed by atoms with Gasteiger partial charge in [-0.05, 0) is 25.8 Å². The third-order valence-corrected chi connectivity index (χ3v) is 4.66. The number of hydrogen-bond acceptors (Lipinski definition) is 6. The maximum Gasteiger partial charge on any atom is 0.424 e. The van der Waals surface area contributed by atoms with E-state index in [-0.39, 0.29) is 50.1 Å². The fraction of sp³-hybridized carbons (Fsp3) is 0.312. The van der Waals surface area contributed by atoms with Gasteiger partial charge in [0.1, 0.15) is 5.82 Å². The van der Waals surface area contributed by atoms with Crippen molar-refractivity contribution in [2.24, 2.45) is 5.16 Å². The van der Waals surface area contributed by atoms with Crippen LogP contribution in [0.4, 0.5) is 9.18 Å². The minimum Gasteiger partial charge on any atom is -0.464 e. The molecule has 2 aromatic rings. The Morgan fingerprint density at radius 1 is 1.46 bits per heavy atom. The molecule has 10 nitrogen and oxygen atoms in total. The molecule has 1 amide bonds. The van der Waals surface area contributed by atoms with Crippen LogP contribution in [0.5, 0.6) is 0 Å². The van der Waals surface area contributed by atoms with Gasteiger partial charge in [-0.2, -0.15) is 4.68 Å². The lowest BCUT2D eigenvalue weighted by Crippen LogP contribution is -2.46. The number of oxime groups is 1. The van der Waals surface area contributed by atoms with Gasteiger partial charge in [0.2, 0.25) is 0 Å². The Balaban J connectivity index is 2.38. The van der Waals surface area contributed by atoms with Gasteiger partial charge in [-0.25, -0.2) is 19.4 Å². The number of hydrogen-bond donors (Lipinski definition) is 4. The number of nitrogens with zero attached hydrogens (tertiary/aromatic N) is 3. The van der Waals surface area contributed by atoms with Gasteiger partial charge in [0, 0.05) is 18.2 Å². The number of nitrogens with one attached hydrogen (secondary N) is 2. The van der Waals surface area contributed by atoms with Gasteiger partial charge in [0.15, 0.2) is 0 Å². The highest BCUT2D eigenvalue weighted by atomic mass is 35.5. The zero-order valence-electron chi connectivity index (χ0n) is 14.5. The average molecular weight is 412 g/mol. The van der Waals surface area contributed by atoms with Crippen LogP contribution in [0.3, 0.4) is 0 Å². The predicted molar refractivity (Wildman–Crippen MR) is 99.4 cm³/mol. The van der Waals surface area contributed by atoms with Crippen LogP contribution < -0.4 is 16.7 Å². The van der Waals surface area contributed by atoms with E-state index in [1.165, 1.54) is 6.92 Å². The quantitative estimate of drug-likeness (QED) is 0.337. The van der Waals surface area contributed by atoms with Gasteiger partial charge in [0.25, 0.3) is 5.56 Å². The van der Waals surface area contributed by atoms with E-state index in [2.05, 4.69) is 5.16 Å². The van der Waals surface area contributed by atoms with E-state index in [0.717, 1.165) is 10.6 Å². The smallest absolute Gasteiger partial charge is 0.424 e. The summed E-state index contributed by atoms with van der Waals surface area (Å²) in [6.45, 7) is 1.43.